The number of hydrogen-bond donors (Lipinski definition) is 1. The third-order valence-corrected chi connectivity index (χ3v) is 3.46. The molecule has 1 aromatic heterocycles. The molecule has 0 bridgehead atoms. The van der Waals surface area contributed by atoms with Gasteiger partial charge in [0.05, 0.1) is 5.69 Å². The van der Waals surface area contributed by atoms with Gasteiger partial charge in [-0.25, -0.2) is 0 Å². The summed E-state index contributed by atoms with van der Waals surface area (Å²) in [6.45, 7) is 6.25. The van der Waals surface area contributed by atoms with Gasteiger partial charge in [-0.05, 0) is 38.1 Å². The fourth-order valence-corrected chi connectivity index (χ4v) is 2.65. The molecule has 1 aliphatic carbocycles. The maximum atomic E-state index is 5.03. The molecule has 3 nitrogen and oxygen atoms in total. The standard InChI is InChI=1S/C13H22N2O/c1-10-4-3-5-12(6-10)8-14-9-13-7-11(2)16-15-13/h7,10,12,14H,3-6,8-9H2,1-2H3. The number of hydrogen-bond acceptors (Lipinski definition) is 3. The molecule has 2 unspecified atom stereocenters. The number of nitrogens with zero attached hydrogens (tertiary/aromatic N) is 1. The molecule has 0 spiro atoms. The van der Waals surface area contributed by atoms with Gasteiger partial charge in [0, 0.05) is 12.6 Å². The Morgan fingerprint density at radius 2 is 2.38 bits per heavy atom. The minimum atomic E-state index is 0.836. The van der Waals surface area contributed by atoms with Crippen LogP contribution in [0.5, 0.6) is 0 Å². The fraction of sp³-hybridized carbons (Fsp3) is 0.769. The molecular weight excluding hydrogens is 200 g/mol. The molecule has 1 saturated carbocycles. The molecule has 1 fully saturated rings. The van der Waals surface area contributed by atoms with Crippen LogP contribution in [0.25, 0.3) is 0 Å². The van der Waals surface area contributed by atoms with E-state index < -0.39 is 0 Å². The average molecular weight is 222 g/mol. The maximum absolute atomic E-state index is 5.03. The zero-order valence-corrected chi connectivity index (χ0v) is 10.3. The highest BCUT2D eigenvalue weighted by molar-refractivity contribution is 5.02. The van der Waals surface area contributed by atoms with E-state index in [2.05, 4.69) is 17.4 Å². The summed E-state index contributed by atoms with van der Waals surface area (Å²) >= 11 is 0. The SMILES string of the molecule is Cc1cc(CNCC2CCCC(C)C2)no1. The predicted molar refractivity (Wildman–Crippen MR) is 64.1 cm³/mol. The van der Waals surface area contributed by atoms with Gasteiger partial charge in [-0.2, -0.15) is 0 Å². The summed E-state index contributed by atoms with van der Waals surface area (Å²) in [6.07, 6.45) is 5.58. The lowest BCUT2D eigenvalue weighted by Gasteiger charge is -2.26. The van der Waals surface area contributed by atoms with E-state index in [9.17, 15) is 0 Å². The van der Waals surface area contributed by atoms with E-state index in [4.69, 9.17) is 4.52 Å². The highest BCUT2D eigenvalue weighted by Crippen LogP contribution is 2.27. The third kappa shape index (κ3) is 3.34. The lowest BCUT2D eigenvalue weighted by molar-refractivity contribution is 0.273. The molecule has 90 valence electrons. The highest BCUT2D eigenvalue weighted by atomic mass is 16.5. The Hall–Kier alpha value is -0.830. The van der Waals surface area contributed by atoms with Crippen molar-refractivity contribution in [1.29, 1.82) is 0 Å². The fourth-order valence-electron chi connectivity index (χ4n) is 2.65. The van der Waals surface area contributed by atoms with Crippen molar-refractivity contribution in [3.63, 3.8) is 0 Å². The normalized spacial score (nSPS) is 25.9. The summed E-state index contributed by atoms with van der Waals surface area (Å²) in [7, 11) is 0. The Labute approximate surface area is 97.6 Å². The second kappa shape index (κ2) is 5.48. The molecule has 2 atom stereocenters. The Morgan fingerprint density at radius 1 is 1.50 bits per heavy atom. The molecule has 1 aliphatic rings. The molecule has 0 aliphatic heterocycles. The lowest BCUT2D eigenvalue weighted by Crippen LogP contribution is -2.26. The number of aromatic nitrogens is 1. The largest absolute Gasteiger partial charge is 0.361 e. The van der Waals surface area contributed by atoms with E-state index in [0.717, 1.165) is 36.4 Å². The van der Waals surface area contributed by atoms with Crippen LogP contribution in [0, 0.1) is 18.8 Å². The molecule has 0 radical (unpaired) electrons. The summed E-state index contributed by atoms with van der Waals surface area (Å²) in [5.41, 5.74) is 1.02. The van der Waals surface area contributed by atoms with E-state index in [1.807, 2.05) is 13.0 Å². The zero-order valence-electron chi connectivity index (χ0n) is 10.3. The van der Waals surface area contributed by atoms with E-state index in [1.54, 1.807) is 0 Å². The minimum absolute atomic E-state index is 0.836. The topological polar surface area (TPSA) is 38.1 Å². The molecule has 3 heteroatoms. The Bertz CT molecular complexity index is 321. The summed E-state index contributed by atoms with van der Waals surface area (Å²) in [5, 5.41) is 7.46. The number of aryl methyl sites for hydroxylation is 1. The van der Waals surface area contributed by atoms with Gasteiger partial charge in [0.2, 0.25) is 0 Å². The van der Waals surface area contributed by atoms with Gasteiger partial charge in [-0.3, -0.25) is 0 Å². The first-order valence-electron chi connectivity index (χ1n) is 6.37. The van der Waals surface area contributed by atoms with E-state index in [-0.39, 0.29) is 0 Å². The van der Waals surface area contributed by atoms with E-state index in [0.29, 0.717) is 0 Å². The molecule has 1 heterocycles. The van der Waals surface area contributed by atoms with Crippen LogP contribution in [0.15, 0.2) is 10.6 Å². The van der Waals surface area contributed by atoms with Gasteiger partial charge in [-0.15, -0.1) is 0 Å². The van der Waals surface area contributed by atoms with Crippen LogP contribution in [-0.4, -0.2) is 11.7 Å². The second-order valence-corrected chi connectivity index (χ2v) is 5.20. The Kier molecular flexibility index (Phi) is 3.99. The van der Waals surface area contributed by atoms with Crippen LogP contribution in [0.2, 0.25) is 0 Å². The van der Waals surface area contributed by atoms with Gasteiger partial charge in [-0.1, -0.05) is 24.9 Å². The maximum Gasteiger partial charge on any atom is 0.133 e. The smallest absolute Gasteiger partial charge is 0.133 e. The molecule has 1 N–H and O–H groups in total. The van der Waals surface area contributed by atoms with Crippen LogP contribution in [-0.2, 0) is 6.54 Å². The highest BCUT2D eigenvalue weighted by Gasteiger charge is 2.18. The van der Waals surface area contributed by atoms with Gasteiger partial charge in [0.15, 0.2) is 0 Å². The summed E-state index contributed by atoms with van der Waals surface area (Å²) in [6, 6.07) is 2.00. The number of rotatable bonds is 4. The van der Waals surface area contributed by atoms with Crippen molar-refractivity contribution in [2.45, 2.75) is 46.1 Å². The Balaban J connectivity index is 1.67. The first-order valence-corrected chi connectivity index (χ1v) is 6.37. The Morgan fingerprint density at radius 3 is 3.06 bits per heavy atom. The molecule has 1 aromatic rings. The van der Waals surface area contributed by atoms with Gasteiger partial charge in [0.25, 0.3) is 0 Å². The summed E-state index contributed by atoms with van der Waals surface area (Å²) in [4.78, 5) is 0. The average Bonchev–Trinajstić information content (AvgIpc) is 2.64. The zero-order chi connectivity index (χ0) is 11.4. The van der Waals surface area contributed by atoms with Crippen LogP contribution in [0.3, 0.4) is 0 Å². The molecule has 0 amide bonds. The van der Waals surface area contributed by atoms with E-state index >= 15 is 0 Å². The minimum Gasteiger partial charge on any atom is -0.361 e. The summed E-state index contributed by atoms with van der Waals surface area (Å²) < 4.78 is 5.03. The van der Waals surface area contributed by atoms with Crippen molar-refractivity contribution in [2.24, 2.45) is 11.8 Å². The van der Waals surface area contributed by atoms with Gasteiger partial charge in [0.1, 0.15) is 5.76 Å². The quantitative estimate of drug-likeness (QED) is 0.851. The van der Waals surface area contributed by atoms with Crippen molar-refractivity contribution in [3.8, 4) is 0 Å². The third-order valence-electron chi connectivity index (χ3n) is 3.46. The molecular formula is C13H22N2O. The molecule has 0 aromatic carbocycles. The molecule has 16 heavy (non-hydrogen) atoms. The second-order valence-electron chi connectivity index (χ2n) is 5.20. The van der Waals surface area contributed by atoms with Crippen molar-refractivity contribution < 1.29 is 4.52 Å². The van der Waals surface area contributed by atoms with Crippen molar-refractivity contribution in [1.82, 2.24) is 10.5 Å². The van der Waals surface area contributed by atoms with Crippen LogP contribution < -0.4 is 5.32 Å². The van der Waals surface area contributed by atoms with Crippen molar-refractivity contribution in [3.05, 3.63) is 17.5 Å². The molecule has 2 rings (SSSR count). The predicted octanol–water partition coefficient (Wildman–Crippen LogP) is 2.90. The van der Waals surface area contributed by atoms with E-state index in [1.165, 1.54) is 25.7 Å². The first-order chi connectivity index (χ1) is 7.74. The molecule has 0 saturated heterocycles. The summed E-state index contributed by atoms with van der Waals surface area (Å²) in [5.74, 6) is 2.66. The van der Waals surface area contributed by atoms with Crippen LogP contribution >= 0.6 is 0 Å². The first kappa shape index (κ1) is 11.6. The lowest BCUT2D eigenvalue weighted by atomic mass is 9.82. The van der Waals surface area contributed by atoms with Crippen LogP contribution in [0.1, 0.15) is 44.1 Å². The monoisotopic (exact) mass is 222 g/mol. The van der Waals surface area contributed by atoms with Gasteiger partial charge < -0.3 is 9.84 Å². The van der Waals surface area contributed by atoms with Crippen molar-refractivity contribution >= 4 is 0 Å². The van der Waals surface area contributed by atoms with Crippen molar-refractivity contribution in [2.75, 3.05) is 6.54 Å². The number of nitrogens with one attached hydrogen (secondary N) is 1. The van der Waals surface area contributed by atoms with Gasteiger partial charge >= 0.3 is 0 Å². The van der Waals surface area contributed by atoms with Crippen LogP contribution in [0.4, 0.5) is 0 Å².